The fraction of sp³-hybridized carbons (Fsp3) is 0.435. The normalized spacial score (nSPS) is 13.8. The van der Waals surface area contributed by atoms with Gasteiger partial charge in [0.05, 0.1) is 4.90 Å². The number of aryl methyl sites for hydroxylation is 3. The average Bonchev–Trinajstić information content (AvgIpc) is 3.11. The van der Waals surface area contributed by atoms with Gasteiger partial charge in [-0.25, -0.2) is 8.42 Å². The zero-order valence-corrected chi connectivity index (χ0v) is 18.6. The Kier molecular flexibility index (Phi) is 6.44. The quantitative estimate of drug-likeness (QED) is 0.691. The summed E-state index contributed by atoms with van der Waals surface area (Å²) in [4.78, 5) is 14.9. The Morgan fingerprint density at radius 2 is 1.79 bits per heavy atom. The summed E-state index contributed by atoms with van der Waals surface area (Å²) in [5.41, 5.74) is 5.41. The van der Waals surface area contributed by atoms with Crippen LogP contribution in [0.15, 0.2) is 41.3 Å². The average molecular weight is 415 g/mol. The minimum atomic E-state index is -3.49. The Morgan fingerprint density at radius 1 is 1.07 bits per heavy atom. The molecule has 0 bridgehead atoms. The van der Waals surface area contributed by atoms with Crippen molar-refractivity contribution in [2.45, 2.75) is 51.9 Å². The molecule has 0 radical (unpaired) electrons. The number of fused-ring (bicyclic) bond motifs is 1. The van der Waals surface area contributed by atoms with Gasteiger partial charge in [-0.2, -0.15) is 4.31 Å². The van der Waals surface area contributed by atoms with Crippen LogP contribution in [-0.4, -0.2) is 38.3 Å². The molecule has 0 saturated carbocycles. The van der Waals surface area contributed by atoms with Crippen molar-refractivity contribution in [1.29, 1.82) is 0 Å². The Hall–Kier alpha value is -2.18. The van der Waals surface area contributed by atoms with Gasteiger partial charge in [0.2, 0.25) is 15.9 Å². The fourth-order valence-corrected chi connectivity index (χ4v) is 5.52. The van der Waals surface area contributed by atoms with E-state index in [4.69, 9.17) is 0 Å². The molecule has 0 aliphatic carbocycles. The van der Waals surface area contributed by atoms with E-state index in [0.29, 0.717) is 43.8 Å². The molecule has 1 aliphatic heterocycles. The van der Waals surface area contributed by atoms with Crippen LogP contribution in [0.5, 0.6) is 0 Å². The van der Waals surface area contributed by atoms with Crippen molar-refractivity contribution in [3.8, 4) is 0 Å². The third-order valence-electron chi connectivity index (χ3n) is 5.70. The van der Waals surface area contributed by atoms with E-state index in [2.05, 4.69) is 32.0 Å². The Bertz CT molecular complexity index is 1010. The van der Waals surface area contributed by atoms with Crippen LogP contribution in [0.25, 0.3) is 0 Å². The van der Waals surface area contributed by atoms with E-state index in [-0.39, 0.29) is 5.91 Å². The Morgan fingerprint density at radius 3 is 2.45 bits per heavy atom. The van der Waals surface area contributed by atoms with E-state index in [1.165, 1.54) is 21.0 Å². The van der Waals surface area contributed by atoms with E-state index >= 15 is 0 Å². The number of sulfonamides is 1. The molecule has 0 N–H and O–H groups in total. The molecule has 1 aliphatic rings. The highest BCUT2D eigenvalue weighted by Crippen LogP contribution is 2.31. The number of anilines is 1. The van der Waals surface area contributed by atoms with Crippen molar-refractivity contribution in [2.75, 3.05) is 24.5 Å². The third kappa shape index (κ3) is 4.38. The van der Waals surface area contributed by atoms with Gasteiger partial charge in [-0.3, -0.25) is 4.79 Å². The van der Waals surface area contributed by atoms with Gasteiger partial charge in [0.25, 0.3) is 0 Å². The lowest BCUT2D eigenvalue weighted by molar-refractivity contribution is -0.118. The summed E-state index contributed by atoms with van der Waals surface area (Å²) >= 11 is 0. The minimum absolute atomic E-state index is 0.0862. The van der Waals surface area contributed by atoms with Gasteiger partial charge in [-0.15, -0.1) is 0 Å². The van der Waals surface area contributed by atoms with Crippen LogP contribution in [0.1, 0.15) is 42.5 Å². The van der Waals surface area contributed by atoms with Crippen molar-refractivity contribution in [1.82, 2.24) is 4.31 Å². The number of rotatable bonds is 7. The predicted octanol–water partition coefficient (Wildman–Crippen LogP) is 3.86. The first kappa shape index (κ1) is 21.5. The number of hydrogen-bond acceptors (Lipinski definition) is 3. The maximum Gasteiger partial charge on any atom is 0.243 e. The first-order valence-corrected chi connectivity index (χ1v) is 11.7. The van der Waals surface area contributed by atoms with Crippen molar-refractivity contribution in [3.05, 3.63) is 58.7 Å². The van der Waals surface area contributed by atoms with E-state index < -0.39 is 10.0 Å². The van der Waals surface area contributed by atoms with Crippen LogP contribution in [-0.2, 0) is 27.7 Å². The second-order valence-corrected chi connectivity index (χ2v) is 9.54. The maximum absolute atomic E-state index is 12.8. The molecule has 0 unspecified atom stereocenters. The molecular formula is C23H30N2O3S. The molecule has 6 heteroatoms. The van der Waals surface area contributed by atoms with Crippen LogP contribution in [0.3, 0.4) is 0 Å². The summed E-state index contributed by atoms with van der Waals surface area (Å²) in [6.45, 7) is 9.32. The Labute approximate surface area is 174 Å². The highest BCUT2D eigenvalue weighted by molar-refractivity contribution is 7.89. The van der Waals surface area contributed by atoms with Crippen LogP contribution in [0.2, 0.25) is 0 Å². The van der Waals surface area contributed by atoms with Crippen LogP contribution >= 0.6 is 0 Å². The summed E-state index contributed by atoms with van der Waals surface area (Å²) in [6, 6.07) is 11.5. The van der Waals surface area contributed by atoms with Gasteiger partial charge in [-0.05, 0) is 61.6 Å². The van der Waals surface area contributed by atoms with Crippen molar-refractivity contribution >= 4 is 21.6 Å². The van der Waals surface area contributed by atoms with Gasteiger partial charge in [0, 0.05) is 31.7 Å². The topological polar surface area (TPSA) is 57.7 Å². The predicted molar refractivity (Wildman–Crippen MR) is 117 cm³/mol. The first-order valence-electron chi connectivity index (χ1n) is 10.3. The number of carbonyl (C=O) groups excluding carboxylic acids is 1. The lowest BCUT2D eigenvalue weighted by atomic mass is 10.0. The highest BCUT2D eigenvalue weighted by Gasteiger charge is 2.28. The molecule has 156 valence electrons. The largest absolute Gasteiger partial charge is 0.312 e. The van der Waals surface area contributed by atoms with E-state index in [1.54, 1.807) is 23.1 Å². The molecule has 0 aromatic heterocycles. The number of nitrogens with zero attached hydrogens (tertiary/aromatic N) is 2. The van der Waals surface area contributed by atoms with Gasteiger partial charge in [0.15, 0.2) is 0 Å². The molecule has 1 heterocycles. The summed E-state index contributed by atoms with van der Waals surface area (Å²) in [5, 5.41) is 0. The summed E-state index contributed by atoms with van der Waals surface area (Å²) in [6.07, 6.45) is 1.85. The molecule has 0 fully saturated rings. The van der Waals surface area contributed by atoms with Gasteiger partial charge < -0.3 is 4.90 Å². The highest BCUT2D eigenvalue weighted by atomic mass is 32.2. The smallest absolute Gasteiger partial charge is 0.243 e. The molecule has 0 saturated heterocycles. The molecule has 0 spiro atoms. The molecule has 3 rings (SSSR count). The van der Waals surface area contributed by atoms with Gasteiger partial charge in [-0.1, -0.05) is 37.6 Å². The van der Waals surface area contributed by atoms with E-state index in [0.717, 1.165) is 11.3 Å². The van der Waals surface area contributed by atoms with Crippen LogP contribution in [0, 0.1) is 13.8 Å². The number of hydrogen-bond donors (Lipinski definition) is 0. The SMILES string of the molecule is CCN(CC)S(=O)(=O)c1ccc2c(c1)CCN2C(=O)CCc1ccc(C)cc1C. The second-order valence-electron chi connectivity index (χ2n) is 7.61. The number of benzene rings is 2. The molecule has 2 aromatic rings. The zero-order valence-electron chi connectivity index (χ0n) is 17.7. The molecule has 2 aromatic carbocycles. The van der Waals surface area contributed by atoms with Gasteiger partial charge >= 0.3 is 0 Å². The fourth-order valence-electron chi connectivity index (χ4n) is 4.01. The molecule has 0 atom stereocenters. The lowest BCUT2D eigenvalue weighted by Crippen LogP contribution is -2.31. The van der Waals surface area contributed by atoms with Crippen molar-refractivity contribution in [3.63, 3.8) is 0 Å². The zero-order chi connectivity index (χ0) is 21.2. The summed E-state index contributed by atoms with van der Waals surface area (Å²) in [7, 11) is -3.49. The summed E-state index contributed by atoms with van der Waals surface area (Å²) in [5.74, 6) is 0.0862. The van der Waals surface area contributed by atoms with Crippen LogP contribution in [0.4, 0.5) is 5.69 Å². The maximum atomic E-state index is 12.8. The summed E-state index contributed by atoms with van der Waals surface area (Å²) < 4.78 is 27.0. The van der Waals surface area contributed by atoms with Crippen molar-refractivity contribution < 1.29 is 13.2 Å². The van der Waals surface area contributed by atoms with Crippen molar-refractivity contribution in [2.24, 2.45) is 0 Å². The third-order valence-corrected chi connectivity index (χ3v) is 7.74. The monoisotopic (exact) mass is 414 g/mol. The van der Waals surface area contributed by atoms with Gasteiger partial charge in [0.1, 0.15) is 0 Å². The van der Waals surface area contributed by atoms with E-state index in [9.17, 15) is 13.2 Å². The van der Waals surface area contributed by atoms with E-state index in [1.807, 2.05) is 13.8 Å². The molecular weight excluding hydrogens is 384 g/mol. The Balaban J connectivity index is 1.75. The second kappa shape index (κ2) is 8.67. The number of carbonyl (C=O) groups is 1. The molecule has 5 nitrogen and oxygen atoms in total. The molecule has 1 amide bonds. The lowest BCUT2D eigenvalue weighted by Gasteiger charge is -2.20. The van der Waals surface area contributed by atoms with Crippen LogP contribution < -0.4 is 4.90 Å². The first-order chi connectivity index (χ1) is 13.8. The number of amides is 1. The minimum Gasteiger partial charge on any atom is -0.312 e. The molecule has 29 heavy (non-hydrogen) atoms. The standard InChI is InChI=1S/C23H30N2O3S/c1-5-24(6-2)29(27,28)21-10-11-22-20(16-21)13-14-25(22)23(26)12-9-19-8-7-17(3)15-18(19)4/h7-8,10-11,15-16H,5-6,9,12-14H2,1-4H3.